The van der Waals surface area contributed by atoms with Crippen molar-refractivity contribution in [1.82, 2.24) is 0 Å². The van der Waals surface area contributed by atoms with E-state index >= 15 is 0 Å². The molecule has 84 valence electrons. The zero-order valence-electron chi connectivity index (χ0n) is 9.53. The molecule has 0 atom stereocenters. The second-order valence-electron chi connectivity index (χ2n) is 3.51. The Hall–Kier alpha value is -0.900. The SMILES string of the molecule is CC(=O)CC(=O)O.CC(C)OC(C)C. The molecule has 0 bridgehead atoms. The van der Waals surface area contributed by atoms with E-state index in [4.69, 9.17) is 9.84 Å². The Kier molecular flexibility index (Phi) is 9.66. The van der Waals surface area contributed by atoms with Crippen molar-refractivity contribution in [2.75, 3.05) is 0 Å². The summed E-state index contributed by atoms with van der Waals surface area (Å²) in [6, 6.07) is 0. The molecule has 0 aliphatic carbocycles. The molecule has 0 aromatic carbocycles. The Morgan fingerprint density at radius 2 is 1.50 bits per heavy atom. The summed E-state index contributed by atoms with van der Waals surface area (Å²) in [5.74, 6) is -1.37. The lowest BCUT2D eigenvalue weighted by atomic mass is 10.3. The van der Waals surface area contributed by atoms with E-state index in [-0.39, 0.29) is 12.2 Å². The number of aliphatic carboxylic acids is 1. The molecule has 0 spiro atoms. The van der Waals surface area contributed by atoms with E-state index in [1.165, 1.54) is 6.92 Å². The zero-order chi connectivity index (χ0) is 11.7. The lowest BCUT2D eigenvalue weighted by molar-refractivity contribution is -0.139. The Bertz CT molecular complexity index is 155. The average molecular weight is 204 g/mol. The summed E-state index contributed by atoms with van der Waals surface area (Å²) in [4.78, 5) is 19.5. The summed E-state index contributed by atoms with van der Waals surface area (Å²) in [6.07, 6.45) is 0.389. The number of carboxylic acids is 1. The zero-order valence-corrected chi connectivity index (χ0v) is 9.53. The second-order valence-corrected chi connectivity index (χ2v) is 3.51. The maximum absolute atomic E-state index is 9.87. The van der Waals surface area contributed by atoms with Crippen LogP contribution in [0.3, 0.4) is 0 Å². The fraction of sp³-hybridized carbons (Fsp3) is 0.800. The van der Waals surface area contributed by atoms with E-state index in [1.807, 2.05) is 27.7 Å². The van der Waals surface area contributed by atoms with Gasteiger partial charge in [0.25, 0.3) is 0 Å². The number of hydrogen-bond donors (Lipinski definition) is 1. The van der Waals surface area contributed by atoms with Crippen molar-refractivity contribution >= 4 is 11.8 Å². The second kappa shape index (κ2) is 8.69. The molecule has 0 saturated heterocycles. The summed E-state index contributed by atoms with van der Waals surface area (Å²) in [5, 5.41) is 7.86. The number of carbonyl (C=O) groups excluding carboxylic acids is 1. The van der Waals surface area contributed by atoms with E-state index in [0.29, 0.717) is 12.2 Å². The van der Waals surface area contributed by atoms with Gasteiger partial charge in [0.15, 0.2) is 0 Å². The summed E-state index contributed by atoms with van der Waals surface area (Å²) in [7, 11) is 0. The topological polar surface area (TPSA) is 63.6 Å². The molecule has 0 radical (unpaired) electrons. The summed E-state index contributed by atoms with van der Waals surface area (Å²) >= 11 is 0. The predicted molar refractivity (Wildman–Crippen MR) is 54.3 cm³/mol. The highest BCUT2D eigenvalue weighted by Crippen LogP contribution is 1.93. The van der Waals surface area contributed by atoms with Crippen LogP contribution in [0.4, 0.5) is 0 Å². The Balaban J connectivity index is 0. The number of carboxylic acid groups (broad SMARTS) is 1. The number of rotatable bonds is 4. The highest BCUT2D eigenvalue weighted by Gasteiger charge is 1.98. The van der Waals surface area contributed by atoms with Gasteiger partial charge in [0.2, 0.25) is 0 Å². The molecule has 0 aliphatic heterocycles. The molecule has 0 saturated carbocycles. The first-order chi connectivity index (χ1) is 6.25. The van der Waals surface area contributed by atoms with Gasteiger partial charge in [0.1, 0.15) is 12.2 Å². The highest BCUT2D eigenvalue weighted by molar-refractivity contribution is 5.93. The van der Waals surface area contributed by atoms with E-state index in [1.54, 1.807) is 0 Å². The largest absolute Gasteiger partial charge is 0.481 e. The van der Waals surface area contributed by atoms with Crippen molar-refractivity contribution in [2.45, 2.75) is 53.2 Å². The third-order valence-electron chi connectivity index (χ3n) is 0.945. The first kappa shape index (κ1) is 15.6. The van der Waals surface area contributed by atoms with Crippen LogP contribution in [0, 0.1) is 0 Å². The smallest absolute Gasteiger partial charge is 0.310 e. The first-order valence-corrected chi connectivity index (χ1v) is 4.62. The van der Waals surface area contributed by atoms with E-state index in [0.717, 1.165) is 0 Å². The monoisotopic (exact) mass is 204 g/mol. The van der Waals surface area contributed by atoms with Crippen molar-refractivity contribution in [1.29, 1.82) is 0 Å². The van der Waals surface area contributed by atoms with Crippen LogP contribution >= 0.6 is 0 Å². The van der Waals surface area contributed by atoms with Gasteiger partial charge in [-0.3, -0.25) is 9.59 Å². The number of ketones is 1. The predicted octanol–water partition coefficient (Wildman–Crippen LogP) is 1.87. The molecule has 0 aromatic rings. The van der Waals surface area contributed by atoms with Gasteiger partial charge in [-0.2, -0.15) is 0 Å². The van der Waals surface area contributed by atoms with Gasteiger partial charge >= 0.3 is 5.97 Å². The molecule has 0 unspecified atom stereocenters. The standard InChI is InChI=1S/C6H14O.C4H6O3/c1-5(2)7-6(3)4;1-3(5)2-4(6)7/h5-6H,1-4H3;2H2,1H3,(H,6,7). The highest BCUT2D eigenvalue weighted by atomic mass is 16.5. The van der Waals surface area contributed by atoms with Crippen LogP contribution in [0.15, 0.2) is 0 Å². The Morgan fingerprint density at radius 3 is 1.50 bits per heavy atom. The molecule has 0 heterocycles. The third-order valence-corrected chi connectivity index (χ3v) is 0.945. The summed E-state index contributed by atoms with van der Waals surface area (Å²) < 4.78 is 5.25. The molecule has 1 N–H and O–H groups in total. The van der Waals surface area contributed by atoms with Gasteiger partial charge in [0, 0.05) is 0 Å². The molecule has 0 amide bonds. The molecule has 0 rings (SSSR count). The maximum Gasteiger partial charge on any atom is 0.310 e. The minimum atomic E-state index is -1.06. The Labute approximate surface area is 85.3 Å². The van der Waals surface area contributed by atoms with E-state index in [9.17, 15) is 9.59 Å². The third kappa shape index (κ3) is 22.5. The number of Topliss-reactive ketones (excluding diaryl/α,β-unsaturated/α-hetero) is 1. The van der Waals surface area contributed by atoms with Crippen molar-refractivity contribution in [3.8, 4) is 0 Å². The molecular weight excluding hydrogens is 184 g/mol. The minimum Gasteiger partial charge on any atom is -0.481 e. The van der Waals surface area contributed by atoms with E-state index in [2.05, 4.69) is 0 Å². The van der Waals surface area contributed by atoms with Gasteiger partial charge < -0.3 is 9.84 Å². The van der Waals surface area contributed by atoms with Crippen LogP contribution in [-0.4, -0.2) is 29.1 Å². The minimum absolute atomic E-state index is 0.312. The molecule has 0 fully saturated rings. The van der Waals surface area contributed by atoms with Gasteiger partial charge in [-0.1, -0.05) is 0 Å². The fourth-order valence-electron chi connectivity index (χ4n) is 0.757. The van der Waals surface area contributed by atoms with Crippen LogP contribution in [-0.2, 0) is 14.3 Å². The van der Waals surface area contributed by atoms with Crippen molar-refractivity contribution in [3.63, 3.8) is 0 Å². The van der Waals surface area contributed by atoms with E-state index < -0.39 is 5.97 Å². The van der Waals surface area contributed by atoms with Crippen molar-refractivity contribution in [2.24, 2.45) is 0 Å². The van der Waals surface area contributed by atoms with Crippen LogP contribution in [0.5, 0.6) is 0 Å². The quantitative estimate of drug-likeness (QED) is 0.710. The van der Waals surface area contributed by atoms with Crippen LogP contribution in [0.2, 0.25) is 0 Å². The van der Waals surface area contributed by atoms with Crippen molar-refractivity contribution < 1.29 is 19.4 Å². The van der Waals surface area contributed by atoms with Gasteiger partial charge in [-0.15, -0.1) is 0 Å². The average Bonchev–Trinajstić information content (AvgIpc) is 1.79. The number of hydrogen-bond acceptors (Lipinski definition) is 3. The van der Waals surface area contributed by atoms with Crippen LogP contribution in [0.25, 0.3) is 0 Å². The van der Waals surface area contributed by atoms with Gasteiger partial charge in [-0.05, 0) is 34.6 Å². The van der Waals surface area contributed by atoms with Gasteiger partial charge in [0.05, 0.1) is 12.2 Å². The number of ether oxygens (including phenoxy) is 1. The molecular formula is C10H20O4. The molecule has 0 aliphatic rings. The lowest BCUT2D eigenvalue weighted by Crippen LogP contribution is -2.09. The molecule has 14 heavy (non-hydrogen) atoms. The van der Waals surface area contributed by atoms with Crippen LogP contribution < -0.4 is 0 Å². The first-order valence-electron chi connectivity index (χ1n) is 4.62. The molecule has 4 heteroatoms. The summed E-state index contributed by atoms with van der Waals surface area (Å²) in [6.45, 7) is 9.41. The summed E-state index contributed by atoms with van der Waals surface area (Å²) in [5.41, 5.74) is 0. The number of carbonyl (C=O) groups is 2. The lowest BCUT2D eigenvalue weighted by Gasteiger charge is -2.09. The maximum atomic E-state index is 9.87. The van der Waals surface area contributed by atoms with Crippen LogP contribution in [0.1, 0.15) is 41.0 Å². The van der Waals surface area contributed by atoms with Gasteiger partial charge in [-0.25, -0.2) is 0 Å². The van der Waals surface area contributed by atoms with Crippen molar-refractivity contribution in [3.05, 3.63) is 0 Å². The molecule has 4 nitrogen and oxygen atoms in total. The fourth-order valence-corrected chi connectivity index (χ4v) is 0.757. The molecule has 0 aromatic heterocycles. The Morgan fingerprint density at radius 1 is 1.14 bits per heavy atom. The normalized spacial score (nSPS) is 9.64.